The normalized spacial score (nSPS) is 16.5. The van der Waals surface area contributed by atoms with Gasteiger partial charge in [0.25, 0.3) is 5.91 Å². The van der Waals surface area contributed by atoms with Gasteiger partial charge in [0.05, 0.1) is 6.61 Å². The van der Waals surface area contributed by atoms with Gasteiger partial charge in [-0.25, -0.2) is 0 Å². The number of amides is 1. The van der Waals surface area contributed by atoms with E-state index in [1.807, 2.05) is 12.1 Å². The summed E-state index contributed by atoms with van der Waals surface area (Å²) in [5.41, 5.74) is 3.77. The van der Waals surface area contributed by atoms with Crippen LogP contribution >= 0.6 is 0 Å². The number of ether oxygens (including phenoxy) is 1. The molecular formula is C24H30N2O4. The number of benzene rings is 2. The Labute approximate surface area is 177 Å². The number of carbonyl (C=O) groups is 2. The molecule has 2 bridgehead atoms. The van der Waals surface area contributed by atoms with E-state index in [0.717, 1.165) is 49.2 Å². The molecule has 2 aromatic carbocycles. The Morgan fingerprint density at radius 1 is 1.10 bits per heavy atom. The second kappa shape index (κ2) is 10.3. The fourth-order valence-electron chi connectivity index (χ4n) is 3.63. The molecular weight excluding hydrogens is 380 g/mol. The highest BCUT2D eigenvalue weighted by Gasteiger charge is 2.17. The second-order valence-electron chi connectivity index (χ2n) is 8.00. The number of fused-ring (bicyclic) bond motifs is 3. The summed E-state index contributed by atoms with van der Waals surface area (Å²) in [4.78, 5) is 25.9. The zero-order chi connectivity index (χ0) is 21.5. The summed E-state index contributed by atoms with van der Waals surface area (Å²) in [5.74, 6) is -0.688. The van der Waals surface area contributed by atoms with Gasteiger partial charge in [0.15, 0.2) is 0 Å². The minimum absolute atomic E-state index is 0.400. The van der Waals surface area contributed by atoms with Crippen LogP contribution in [-0.4, -0.2) is 48.1 Å². The van der Waals surface area contributed by atoms with Crippen LogP contribution in [0.25, 0.3) is 0 Å². The van der Waals surface area contributed by atoms with Crippen molar-refractivity contribution in [2.75, 3.05) is 20.2 Å². The molecule has 0 aromatic heterocycles. The Morgan fingerprint density at radius 2 is 1.90 bits per heavy atom. The van der Waals surface area contributed by atoms with Crippen molar-refractivity contribution in [2.24, 2.45) is 0 Å². The van der Waals surface area contributed by atoms with Crippen LogP contribution in [-0.2, 0) is 17.8 Å². The molecule has 3 rings (SSSR count). The van der Waals surface area contributed by atoms with Crippen LogP contribution in [0.3, 0.4) is 0 Å². The number of rotatable bonds is 3. The maximum atomic E-state index is 12.5. The van der Waals surface area contributed by atoms with E-state index in [1.165, 1.54) is 12.5 Å². The topological polar surface area (TPSA) is 78.9 Å². The number of hydrogen-bond acceptors (Lipinski definition) is 4. The number of hydrogen-bond donors (Lipinski definition) is 2. The van der Waals surface area contributed by atoms with Gasteiger partial charge in [0.2, 0.25) is 0 Å². The molecule has 6 heteroatoms. The lowest BCUT2D eigenvalue weighted by atomic mass is 9.99. The molecule has 0 spiro atoms. The van der Waals surface area contributed by atoms with Gasteiger partial charge in [-0.2, -0.15) is 0 Å². The maximum Gasteiger partial charge on any atom is 0.325 e. The first-order chi connectivity index (χ1) is 14.4. The smallest absolute Gasteiger partial charge is 0.325 e. The van der Waals surface area contributed by atoms with Crippen molar-refractivity contribution in [1.29, 1.82) is 0 Å². The largest absolute Gasteiger partial charge is 0.493 e. The van der Waals surface area contributed by atoms with Gasteiger partial charge in [0, 0.05) is 18.5 Å². The van der Waals surface area contributed by atoms with Gasteiger partial charge >= 0.3 is 5.97 Å². The predicted octanol–water partition coefficient (Wildman–Crippen LogP) is 3.47. The lowest BCUT2D eigenvalue weighted by molar-refractivity contribution is -0.138. The Hall–Kier alpha value is -2.86. The van der Waals surface area contributed by atoms with Crippen molar-refractivity contribution in [3.8, 4) is 5.75 Å². The molecule has 0 saturated heterocycles. The Bertz CT molecular complexity index is 897. The summed E-state index contributed by atoms with van der Waals surface area (Å²) < 4.78 is 6.05. The van der Waals surface area contributed by atoms with Crippen molar-refractivity contribution in [2.45, 2.75) is 45.2 Å². The monoisotopic (exact) mass is 410 g/mol. The Balaban J connectivity index is 1.88. The molecule has 0 fully saturated rings. The van der Waals surface area contributed by atoms with Crippen LogP contribution in [0.2, 0.25) is 0 Å². The van der Waals surface area contributed by atoms with E-state index in [1.54, 1.807) is 6.07 Å². The van der Waals surface area contributed by atoms with Gasteiger partial charge < -0.3 is 20.1 Å². The summed E-state index contributed by atoms with van der Waals surface area (Å²) in [5, 5.41) is 11.6. The fraction of sp³-hybridized carbons (Fsp3) is 0.417. The first-order valence-corrected chi connectivity index (χ1v) is 10.5. The highest BCUT2D eigenvalue weighted by atomic mass is 16.5. The van der Waals surface area contributed by atoms with Crippen molar-refractivity contribution in [3.05, 3.63) is 64.7 Å². The molecule has 0 radical (unpaired) electrons. The third-order valence-corrected chi connectivity index (χ3v) is 5.32. The van der Waals surface area contributed by atoms with Gasteiger partial charge in [-0.3, -0.25) is 9.59 Å². The van der Waals surface area contributed by atoms with Crippen molar-refractivity contribution >= 4 is 11.9 Å². The number of carbonyl (C=O) groups excluding carboxylic acids is 1. The van der Waals surface area contributed by atoms with E-state index in [-0.39, 0.29) is 0 Å². The average Bonchev–Trinajstić information content (AvgIpc) is 2.71. The molecule has 1 aliphatic rings. The molecule has 1 atom stereocenters. The van der Waals surface area contributed by atoms with E-state index in [0.29, 0.717) is 18.6 Å². The Kier molecular flexibility index (Phi) is 7.46. The molecule has 1 aliphatic heterocycles. The van der Waals surface area contributed by atoms with Crippen molar-refractivity contribution in [3.63, 3.8) is 0 Å². The number of carboxylic acids is 1. The van der Waals surface area contributed by atoms with Crippen molar-refractivity contribution < 1.29 is 19.4 Å². The maximum absolute atomic E-state index is 12.5. The first-order valence-electron chi connectivity index (χ1n) is 10.5. The minimum Gasteiger partial charge on any atom is -0.493 e. The summed E-state index contributed by atoms with van der Waals surface area (Å²) >= 11 is 0. The van der Waals surface area contributed by atoms with E-state index in [9.17, 15) is 9.59 Å². The van der Waals surface area contributed by atoms with Gasteiger partial charge in [-0.15, -0.1) is 0 Å². The highest BCUT2D eigenvalue weighted by molar-refractivity contribution is 5.96. The Morgan fingerprint density at radius 3 is 2.70 bits per heavy atom. The molecule has 160 valence electrons. The zero-order valence-electron chi connectivity index (χ0n) is 17.7. The molecule has 0 aliphatic carbocycles. The van der Waals surface area contributed by atoms with E-state index >= 15 is 0 Å². The van der Waals surface area contributed by atoms with Gasteiger partial charge in [-0.05, 0) is 74.7 Å². The molecule has 1 heterocycles. The average molecular weight is 411 g/mol. The number of nitrogens with zero attached hydrogens (tertiary/aromatic N) is 1. The third-order valence-electron chi connectivity index (χ3n) is 5.32. The molecule has 2 N–H and O–H groups in total. The molecule has 1 amide bonds. The SMILES string of the molecule is CC(NC(=O)c1ccc2c(c1)Cc1cccc(c1)CN(C)CCCCCO2)C(=O)O. The number of aliphatic carboxylic acids is 1. The molecule has 6 nitrogen and oxygen atoms in total. The zero-order valence-corrected chi connectivity index (χ0v) is 17.7. The molecule has 0 saturated carbocycles. The molecule has 30 heavy (non-hydrogen) atoms. The van der Waals surface area contributed by atoms with Crippen LogP contribution < -0.4 is 10.1 Å². The fourth-order valence-corrected chi connectivity index (χ4v) is 3.63. The van der Waals surface area contributed by atoms with E-state index in [4.69, 9.17) is 9.84 Å². The molecule has 1 unspecified atom stereocenters. The lowest BCUT2D eigenvalue weighted by Gasteiger charge is -2.19. The third kappa shape index (κ3) is 6.07. The van der Waals surface area contributed by atoms with Crippen LogP contribution in [0, 0.1) is 0 Å². The quantitative estimate of drug-likeness (QED) is 0.810. The van der Waals surface area contributed by atoms with E-state index < -0.39 is 17.9 Å². The van der Waals surface area contributed by atoms with Crippen LogP contribution in [0.1, 0.15) is 53.2 Å². The van der Waals surface area contributed by atoms with Crippen molar-refractivity contribution in [1.82, 2.24) is 10.2 Å². The standard InChI is InChI=1S/C24H30N2O4/c1-17(24(28)29)25-23(27)20-9-10-22-21(15-20)14-18-7-6-8-19(13-18)16-26(2)11-4-3-5-12-30-22/h6-10,13,15,17H,3-5,11-12,14,16H2,1-2H3,(H,25,27)(H,28,29). The van der Waals surface area contributed by atoms with E-state index in [2.05, 4.69) is 41.5 Å². The molecule has 2 aromatic rings. The number of nitrogens with one attached hydrogen (secondary N) is 1. The predicted molar refractivity (Wildman–Crippen MR) is 116 cm³/mol. The van der Waals surface area contributed by atoms with Crippen LogP contribution in [0.5, 0.6) is 5.75 Å². The summed E-state index contributed by atoms with van der Waals surface area (Å²) in [7, 11) is 2.15. The number of carboxylic acid groups (broad SMARTS) is 1. The summed E-state index contributed by atoms with van der Waals surface area (Å²) in [6, 6.07) is 12.9. The second-order valence-corrected chi connectivity index (χ2v) is 8.00. The highest BCUT2D eigenvalue weighted by Crippen LogP contribution is 2.25. The first kappa shape index (κ1) is 21.8. The van der Waals surface area contributed by atoms with Crippen LogP contribution in [0.15, 0.2) is 42.5 Å². The summed E-state index contributed by atoms with van der Waals surface area (Å²) in [6.45, 7) is 4.06. The van der Waals surface area contributed by atoms with Crippen LogP contribution in [0.4, 0.5) is 0 Å². The lowest BCUT2D eigenvalue weighted by Crippen LogP contribution is -2.38. The van der Waals surface area contributed by atoms with Gasteiger partial charge in [0.1, 0.15) is 11.8 Å². The van der Waals surface area contributed by atoms with Gasteiger partial charge in [-0.1, -0.05) is 24.3 Å². The summed E-state index contributed by atoms with van der Waals surface area (Å²) in [6.07, 6.45) is 3.86. The minimum atomic E-state index is -1.06.